The van der Waals surface area contributed by atoms with Crippen molar-refractivity contribution in [2.75, 3.05) is 19.7 Å². The summed E-state index contributed by atoms with van der Waals surface area (Å²) in [6.45, 7) is 9.72. The van der Waals surface area contributed by atoms with Crippen molar-refractivity contribution in [1.29, 1.82) is 0 Å². The van der Waals surface area contributed by atoms with Crippen molar-refractivity contribution in [2.24, 2.45) is 17.8 Å². The molecule has 4 amide bonds. The number of ketones is 1. The number of cyclic esters (lactones) is 1. The van der Waals surface area contributed by atoms with Gasteiger partial charge in [-0.3, -0.25) is 33.8 Å². The zero-order valence-corrected chi connectivity index (χ0v) is 35.5. The van der Waals surface area contributed by atoms with Crippen molar-refractivity contribution in [2.45, 2.75) is 123 Å². The quantitative estimate of drug-likeness (QED) is 0.137. The summed E-state index contributed by atoms with van der Waals surface area (Å²) in [6.07, 6.45) is 13.5. The highest BCUT2D eigenvalue weighted by atomic mass is 16.7. The van der Waals surface area contributed by atoms with Crippen LogP contribution >= 0.6 is 0 Å². The third kappa shape index (κ3) is 14.6. The predicted molar refractivity (Wildman–Crippen MR) is 224 cm³/mol. The number of allylic oxidation sites excluding steroid dienone is 5. The molecule has 0 aromatic heterocycles. The van der Waals surface area contributed by atoms with Gasteiger partial charge < -0.3 is 30.4 Å². The van der Waals surface area contributed by atoms with Gasteiger partial charge in [-0.15, -0.1) is 0 Å². The molecule has 1 unspecified atom stereocenters. The van der Waals surface area contributed by atoms with Crippen molar-refractivity contribution in [3.05, 3.63) is 77.9 Å². The molecule has 3 aliphatic heterocycles. The summed E-state index contributed by atoms with van der Waals surface area (Å²) >= 11 is 0. The van der Waals surface area contributed by atoms with Crippen LogP contribution < -0.4 is 16.1 Å². The second kappa shape index (κ2) is 23.6. The number of amides is 4. The van der Waals surface area contributed by atoms with E-state index in [1.54, 1.807) is 64.1 Å². The topological polar surface area (TPSA) is 204 Å². The Bertz CT molecular complexity index is 1780. The average Bonchev–Trinajstić information content (AvgIpc) is 3.22. The van der Waals surface area contributed by atoms with Gasteiger partial charge in [0.1, 0.15) is 35.8 Å². The lowest BCUT2D eigenvalue weighted by Gasteiger charge is -2.36. The molecular formula is C45H63N5O10. The van der Waals surface area contributed by atoms with Crippen molar-refractivity contribution >= 4 is 35.4 Å². The summed E-state index contributed by atoms with van der Waals surface area (Å²) in [5.74, 6) is -4.66. The Morgan fingerprint density at radius 1 is 0.983 bits per heavy atom. The van der Waals surface area contributed by atoms with Crippen LogP contribution in [0.3, 0.4) is 0 Å². The number of hydroxylamine groups is 2. The number of phenols is 1. The lowest BCUT2D eigenvalue weighted by Crippen LogP contribution is -2.62. The molecule has 60 heavy (non-hydrogen) atoms. The second-order valence-corrected chi connectivity index (χ2v) is 16.3. The van der Waals surface area contributed by atoms with Gasteiger partial charge in [-0.05, 0) is 87.5 Å². The van der Waals surface area contributed by atoms with Crippen LogP contribution in [0, 0.1) is 17.8 Å². The van der Waals surface area contributed by atoms with Gasteiger partial charge >= 0.3 is 5.97 Å². The Morgan fingerprint density at radius 2 is 1.73 bits per heavy atom. The first kappa shape index (κ1) is 47.6. The van der Waals surface area contributed by atoms with Crippen molar-refractivity contribution in [3.8, 4) is 5.75 Å². The van der Waals surface area contributed by atoms with E-state index in [0.717, 1.165) is 12.8 Å². The monoisotopic (exact) mass is 833 g/mol. The average molecular weight is 834 g/mol. The molecule has 0 aliphatic carbocycles. The first-order valence-electron chi connectivity index (χ1n) is 21.1. The summed E-state index contributed by atoms with van der Waals surface area (Å²) in [4.78, 5) is 86.3. The smallest absolute Gasteiger partial charge is 0.325 e. The van der Waals surface area contributed by atoms with Crippen LogP contribution in [0.25, 0.3) is 0 Å². The molecule has 2 fully saturated rings. The standard InChI is InChI=1S/C45H63N5O10/c1-29(2)40-43(56)46-37(28-33-17-13-18-34(52)27-33)44(57)49-24-14-19-36(48-49)45(58)60-38(30(3)16-12-21-39(53)50-25-10-11-26-59-50)20-9-7-6-8-15-31(4)41(54)35(42(55)47-40)23-22-32(5)51/h6-9,12-13,16-18,21,27,29,31,35-38,40-41,48,52,54H,10-11,14-15,19-20,22-26,28H2,1-5H3,(H,46,56)(H,47,55)/b8-6+,9-7+,21-12+,30-16+/t31-,35+,36?,37-,38-,40-,41+/m0/s1. The lowest BCUT2D eigenvalue weighted by molar-refractivity contribution is -0.191. The summed E-state index contributed by atoms with van der Waals surface area (Å²) in [5, 5.41) is 29.9. The Morgan fingerprint density at radius 3 is 2.42 bits per heavy atom. The highest BCUT2D eigenvalue weighted by Gasteiger charge is 2.38. The number of hydrazine groups is 1. The number of rotatable bonds is 9. The van der Waals surface area contributed by atoms with E-state index in [9.17, 15) is 39.0 Å². The van der Waals surface area contributed by atoms with E-state index < -0.39 is 71.8 Å². The summed E-state index contributed by atoms with van der Waals surface area (Å²) < 4.78 is 6.07. The van der Waals surface area contributed by atoms with Gasteiger partial charge in [0.15, 0.2) is 0 Å². The van der Waals surface area contributed by atoms with Gasteiger partial charge in [-0.2, -0.15) is 0 Å². The Kier molecular flexibility index (Phi) is 18.7. The van der Waals surface area contributed by atoms with Crippen LogP contribution in [0.2, 0.25) is 0 Å². The molecule has 4 rings (SSSR count). The fourth-order valence-corrected chi connectivity index (χ4v) is 7.28. The van der Waals surface area contributed by atoms with E-state index in [2.05, 4.69) is 16.1 Å². The van der Waals surface area contributed by atoms with Crippen LogP contribution in [-0.2, 0) is 44.8 Å². The fourth-order valence-electron chi connectivity index (χ4n) is 7.28. The third-order valence-corrected chi connectivity index (χ3v) is 10.9. The van der Waals surface area contributed by atoms with Crippen LogP contribution in [0.5, 0.6) is 5.75 Å². The zero-order valence-electron chi connectivity index (χ0n) is 35.5. The Balaban J connectivity index is 1.67. The molecule has 3 heterocycles. The van der Waals surface area contributed by atoms with Crippen molar-refractivity contribution in [3.63, 3.8) is 0 Å². The molecule has 0 spiro atoms. The predicted octanol–water partition coefficient (Wildman–Crippen LogP) is 3.91. The van der Waals surface area contributed by atoms with Crippen LogP contribution in [0.4, 0.5) is 0 Å². The largest absolute Gasteiger partial charge is 0.508 e. The summed E-state index contributed by atoms with van der Waals surface area (Å²) in [7, 11) is 0. The first-order valence-corrected chi connectivity index (χ1v) is 21.1. The SMILES string of the molecule is CC(=O)CC[C@H]1C(=O)N[C@@H](C(C)C)C(=O)N[C@@H](Cc2cccc(O)c2)C(=O)N2CCCC(N2)C(=O)O[C@H](/C(C)=C/C=C/C(=O)N2CCCCO2)C/C=C/C=C/C[C@H](C)[C@H]1O. The number of carbonyl (C=O) groups is 6. The lowest BCUT2D eigenvalue weighted by atomic mass is 9.85. The number of benzene rings is 1. The van der Waals surface area contributed by atoms with E-state index in [4.69, 9.17) is 9.57 Å². The molecule has 15 heteroatoms. The van der Waals surface area contributed by atoms with Gasteiger partial charge in [0.2, 0.25) is 11.8 Å². The number of ether oxygens (including phenoxy) is 1. The van der Waals surface area contributed by atoms with Crippen LogP contribution in [0.15, 0.2) is 72.4 Å². The third-order valence-electron chi connectivity index (χ3n) is 10.9. The highest BCUT2D eigenvalue weighted by molar-refractivity contribution is 5.93. The van der Waals surface area contributed by atoms with Crippen LogP contribution in [-0.4, -0.2) is 106 Å². The van der Waals surface area contributed by atoms with Crippen molar-refractivity contribution < 1.29 is 48.6 Å². The number of aliphatic hydroxyl groups excluding tert-OH is 1. The molecule has 2 bridgehead atoms. The minimum atomic E-state index is -1.18. The Labute approximate surface area is 353 Å². The molecule has 15 nitrogen and oxygen atoms in total. The number of nitrogens with zero attached hydrogens (tertiary/aromatic N) is 2. The van der Waals surface area contributed by atoms with E-state index in [1.165, 1.54) is 35.2 Å². The molecule has 1 aromatic carbocycles. The molecule has 0 saturated carbocycles. The normalized spacial score (nSPS) is 28.2. The Hall–Kier alpha value is -5.12. The molecular weight excluding hydrogens is 771 g/mol. The number of Topliss-reactive ketones (excluding diaryl/α,β-unsaturated/α-hetero) is 1. The minimum Gasteiger partial charge on any atom is -0.508 e. The van der Waals surface area contributed by atoms with Crippen LogP contribution in [0.1, 0.15) is 91.5 Å². The minimum absolute atomic E-state index is 0.0195. The maximum atomic E-state index is 14.3. The fraction of sp³-hybridized carbons (Fsp3) is 0.556. The van der Waals surface area contributed by atoms with Gasteiger partial charge in [0.05, 0.1) is 18.6 Å². The number of aliphatic hydroxyl groups is 1. The number of nitrogens with one attached hydrogen (secondary N) is 3. The number of carbonyl (C=O) groups excluding carboxylic acids is 6. The van der Waals surface area contributed by atoms with E-state index >= 15 is 0 Å². The molecule has 5 N–H and O–H groups in total. The number of esters is 1. The van der Waals surface area contributed by atoms with Gasteiger partial charge in [-0.25, -0.2) is 10.5 Å². The maximum absolute atomic E-state index is 14.3. The molecule has 328 valence electrons. The van der Waals surface area contributed by atoms with Gasteiger partial charge in [-0.1, -0.05) is 69.4 Å². The van der Waals surface area contributed by atoms with Gasteiger partial charge in [0, 0.05) is 38.4 Å². The van der Waals surface area contributed by atoms with E-state index in [-0.39, 0.29) is 49.7 Å². The first-order chi connectivity index (χ1) is 28.6. The molecule has 3 aliphatic rings. The summed E-state index contributed by atoms with van der Waals surface area (Å²) in [6, 6.07) is 3.12. The maximum Gasteiger partial charge on any atom is 0.325 e. The van der Waals surface area contributed by atoms with Crippen molar-refractivity contribution in [1.82, 2.24) is 26.1 Å². The second-order valence-electron chi connectivity index (χ2n) is 16.3. The molecule has 7 atom stereocenters. The number of phenolic OH excluding ortho intramolecular Hbond substituents is 1. The molecule has 1 aromatic rings. The zero-order chi connectivity index (χ0) is 43.8. The number of hydrogen-bond donors (Lipinski definition) is 5. The summed E-state index contributed by atoms with van der Waals surface area (Å²) in [5.41, 5.74) is 4.24. The number of aromatic hydroxyl groups is 1. The van der Waals surface area contributed by atoms with Gasteiger partial charge in [0.25, 0.3) is 11.8 Å². The highest BCUT2D eigenvalue weighted by Crippen LogP contribution is 2.24. The molecule has 2 saturated heterocycles. The van der Waals surface area contributed by atoms with E-state index in [0.29, 0.717) is 43.6 Å². The number of fused-ring (bicyclic) bond motifs is 2. The molecule has 0 radical (unpaired) electrons. The number of hydrogen-bond acceptors (Lipinski definition) is 11. The van der Waals surface area contributed by atoms with E-state index in [1.807, 2.05) is 12.2 Å².